The van der Waals surface area contributed by atoms with Gasteiger partial charge in [-0.1, -0.05) is 23.2 Å². The second-order valence-electron chi connectivity index (χ2n) is 11.5. The number of carbonyl (C=O) groups is 1. The van der Waals surface area contributed by atoms with E-state index in [2.05, 4.69) is 10.3 Å². The highest BCUT2D eigenvalue weighted by molar-refractivity contribution is 7.93. The molecule has 1 amide bonds. The molecule has 1 atom stereocenters. The van der Waals surface area contributed by atoms with Gasteiger partial charge >= 0.3 is 6.18 Å². The SMILES string of the molecule is O=C(NCc1ncc(C(F)(F)F)cc1Cl)c1ccc2c(c1Cl)C1(CCS(=O)(=O)CC1)C(C1CC1)N2S(=O)(=O)c1ccc(F)cc1. The second-order valence-corrected chi connectivity index (χ2v) is 16.4. The molecule has 1 aromatic heterocycles. The number of pyridine rings is 1. The Bertz CT molecular complexity index is 1900. The molecule has 16 heteroatoms. The topological polar surface area (TPSA) is 114 Å². The van der Waals surface area contributed by atoms with Crippen LogP contribution in [0.5, 0.6) is 0 Å². The van der Waals surface area contributed by atoms with E-state index in [4.69, 9.17) is 23.2 Å². The maximum atomic E-state index is 14.2. The number of benzene rings is 2. The van der Waals surface area contributed by atoms with Gasteiger partial charge in [-0.05, 0) is 74.1 Å². The number of halogens is 6. The molecule has 1 aliphatic carbocycles. The van der Waals surface area contributed by atoms with Crippen molar-refractivity contribution < 1.29 is 39.2 Å². The predicted molar refractivity (Wildman–Crippen MR) is 159 cm³/mol. The molecule has 3 heterocycles. The van der Waals surface area contributed by atoms with Gasteiger partial charge in [0.25, 0.3) is 15.9 Å². The fourth-order valence-electron chi connectivity index (χ4n) is 6.43. The van der Waals surface area contributed by atoms with Crippen LogP contribution in [0.15, 0.2) is 53.6 Å². The van der Waals surface area contributed by atoms with Crippen molar-refractivity contribution >= 4 is 54.7 Å². The lowest BCUT2D eigenvalue weighted by Crippen LogP contribution is -2.52. The number of anilines is 1. The lowest BCUT2D eigenvalue weighted by atomic mass is 9.70. The molecule has 0 bridgehead atoms. The highest BCUT2D eigenvalue weighted by atomic mass is 35.5. The molecule has 2 aliphatic heterocycles. The summed E-state index contributed by atoms with van der Waals surface area (Å²) in [7, 11) is -7.69. The average molecular weight is 707 g/mol. The molecule has 240 valence electrons. The number of fused-ring (bicyclic) bond motifs is 2. The minimum atomic E-state index is -4.65. The van der Waals surface area contributed by atoms with Gasteiger partial charge in [-0.25, -0.2) is 21.2 Å². The molecule has 1 saturated heterocycles. The van der Waals surface area contributed by atoms with Gasteiger partial charge in [0.05, 0.1) is 61.5 Å². The second kappa shape index (κ2) is 11.1. The van der Waals surface area contributed by atoms with E-state index in [1.54, 1.807) is 0 Å². The third-order valence-electron chi connectivity index (χ3n) is 8.74. The summed E-state index contributed by atoms with van der Waals surface area (Å²) in [5.74, 6) is -1.85. The van der Waals surface area contributed by atoms with E-state index >= 15 is 0 Å². The molecule has 1 saturated carbocycles. The first-order valence-electron chi connectivity index (χ1n) is 13.9. The molecule has 1 unspecified atom stereocenters. The van der Waals surface area contributed by atoms with Gasteiger partial charge in [0.15, 0.2) is 0 Å². The van der Waals surface area contributed by atoms with Crippen LogP contribution in [-0.4, -0.2) is 45.3 Å². The van der Waals surface area contributed by atoms with Crippen LogP contribution in [0.2, 0.25) is 10.0 Å². The Morgan fingerprint density at radius 2 is 1.71 bits per heavy atom. The van der Waals surface area contributed by atoms with Crippen LogP contribution < -0.4 is 9.62 Å². The Hall–Kier alpha value is -2.94. The Kier molecular flexibility index (Phi) is 7.90. The molecule has 3 aromatic rings. The van der Waals surface area contributed by atoms with Crippen LogP contribution in [0.1, 0.15) is 52.9 Å². The van der Waals surface area contributed by atoms with Crippen molar-refractivity contribution in [3.63, 3.8) is 0 Å². The van der Waals surface area contributed by atoms with Crippen LogP contribution in [-0.2, 0) is 38.0 Å². The van der Waals surface area contributed by atoms with E-state index in [1.165, 1.54) is 16.4 Å². The van der Waals surface area contributed by atoms with E-state index in [1.807, 2.05) is 0 Å². The first kappa shape index (κ1) is 32.0. The Morgan fingerprint density at radius 1 is 1.07 bits per heavy atom. The molecule has 8 nitrogen and oxygen atoms in total. The number of nitrogens with zero attached hydrogens (tertiary/aromatic N) is 2. The Labute approximate surface area is 266 Å². The quantitative estimate of drug-likeness (QED) is 0.319. The van der Waals surface area contributed by atoms with Crippen molar-refractivity contribution in [1.82, 2.24) is 10.3 Å². The average Bonchev–Trinajstić information content (AvgIpc) is 3.76. The van der Waals surface area contributed by atoms with Gasteiger partial charge in [-0.2, -0.15) is 13.2 Å². The molecule has 2 fully saturated rings. The van der Waals surface area contributed by atoms with Crippen LogP contribution in [0, 0.1) is 11.7 Å². The number of rotatable bonds is 6. The molecule has 2 aromatic carbocycles. The normalized spacial score (nSPS) is 20.7. The van der Waals surface area contributed by atoms with E-state index in [9.17, 15) is 39.2 Å². The summed E-state index contributed by atoms with van der Waals surface area (Å²) in [6.45, 7) is -0.331. The molecular weight excluding hydrogens is 681 g/mol. The standard InChI is InChI=1S/C29H25Cl2F4N3O5S2/c30-21-13-17(29(33,34)35)14-36-22(21)15-37-27(39)20-7-8-23-24(25(20)31)28(9-11-44(40,41)12-10-28)26(16-1-2-16)38(23)45(42,43)19-5-3-18(32)4-6-19/h3-8,13-14,16,26H,1-2,9-12,15H2,(H,37,39). The minimum absolute atomic E-state index is 0.0189. The molecule has 1 spiro atoms. The first-order valence-corrected chi connectivity index (χ1v) is 17.9. The van der Waals surface area contributed by atoms with Crippen LogP contribution in [0.25, 0.3) is 0 Å². The molecule has 1 N–H and O–H groups in total. The van der Waals surface area contributed by atoms with Gasteiger partial charge in [0.1, 0.15) is 15.7 Å². The number of amides is 1. The third kappa shape index (κ3) is 5.68. The van der Waals surface area contributed by atoms with Gasteiger partial charge < -0.3 is 5.32 Å². The van der Waals surface area contributed by atoms with E-state index in [-0.39, 0.29) is 68.7 Å². The van der Waals surface area contributed by atoms with Crippen molar-refractivity contribution in [2.45, 2.75) is 54.8 Å². The van der Waals surface area contributed by atoms with Crippen molar-refractivity contribution in [2.75, 3.05) is 15.8 Å². The maximum Gasteiger partial charge on any atom is 0.417 e. The van der Waals surface area contributed by atoms with Gasteiger partial charge in [-0.15, -0.1) is 0 Å². The predicted octanol–water partition coefficient (Wildman–Crippen LogP) is 5.91. The summed E-state index contributed by atoms with van der Waals surface area (Å²) in [5, 5.41) is 2.19. The summed E-state index contributed by atoms with van der Waals surface area (Å²) in [6.07, 6.45) is -2.49. The number of hydrogen-bond acceptors (Lipinski definition) is 6. The summed E-state index contributed by atoms with van der Waals surface area (Å²) >= 11 is 12.9. The molecular formula is C29H25Cl2F4N3O5S2. The zero-order valence-corrected chi connectivity index (χ0v) is 26.4. The van der Waals surface area contributed by atoms with Crippen molar-refractivity contribution in [1.29, 1.82) is 0 Å². The minimum Gasteiger partial charge on any atom is -0.346 e. The molecule has 6 rings (SSSR count). The first-order chi connectivity index (χ1) is 21.0. The Balaban J connectivity index is 1.41. The van der Waals surface area contributed by atoms with E-state index < -0.39 is 54.8 Å². The number of sulfone groups is 1. The fourth-order valence-corrected chi connectivity index (χ4v) is 10.4. The van der Waals surface area contributed by atoms with Gasteiger partial charge in [0, 0.05) is 17.2 Å². The van der Waals surface area contributed by atoms with Gasteiger partial charge in [-0.3, -0.25) is 14.1 Å². The zero-order valence-electron chi connectivity index (χ0n) is 23.2. The van der Waals surface area contributed by atoms with Crippen molar-refractivity contribution in [2.24, 2.45) is 5.92 Å². The van der Waals surface area contributed by atoms with Crippen LogP contribution >= 0.6 is 23.2 Å². The third-order valence-corrected chi connectivity index (χ3v) is 12.9. The summed E-state index contributed by atoms with van der Waals surface area (Å²) in [5.41, 5.74) is -1.57. The van der Waals surface area contributed by atoms with Gasteiger partial charge in [0.2, 0.25) is 0 Å². The highest BCUT2D eigenvalue weighted by Gasteiger charge is 2.61. The lowest BCUT2D eigenvalue weighted by Gasteiger charge is -2.42. The maximum absolute atomic E-state index is 14.2. The molecule has 3 aliphatic rings. The summed E-state index contributed by atoms with van der Waals surface area (Å²) < 4.78 is 108. The number of aromatic nitrogens is 1. The zero-order chi connectivity index (χ0) is 32.5. The molecule has 0 radical (unpaired) electrons. The molecule has 45 heavy (non-hydrogen) atoms. The Morgan fingerprint density at radius 3 is 2.29 bits per heavy atom. The van der Waals surface area contributed by atoms with E-state index in [0.29, 0.717) is 30.7 Å². The van der Waals surface area contributed by atoms with Crippen molar-refractivity contribution in [3.05, 3.63) is 86.9 Å². The monoisotopic (exact) mass is 705 g/mol. The number of nitrogens with one attached hydrogen (secondary N) is 1. The van der Waals surface area contributed by atoms with Crippen molar-refractivity contribution in [3.8, 4) is 0 Å². The summed E-state index contributed by atoms with van der Waals surface area (Å²) in [6, 6.07) is 7.20. The number of hydrogen-bond donors (Lipinski definition) is 1. The van der Waals surface area contributed by atoms with Crippen LogP contribution in [0.3, 0.4) is 0 Å². The number of carbonyl (C=O) groups excluding carboxylic acids is 1. The fraction of sp³-hybridized carbons (Fsp3) is 0.379. The highest BCUT2D eigenvalue weighted by Crippen LogP contribution is 2.61. The van der Waals surface area contributed by atoms with Crippen LogP contribution in [0.4, 0.5) is 23.2 Å². The largest absolute Gasteiger partial charge is 0.417 e. The number of alkyl halides is 3. The van der Waals surface area contributed by atoms with E-state index in [0.717, 1.165) is 24.3 Å². The number of sulfonamides is 1. The smallest absolute Gasteiger partial charge is 0.346 e. The summed E-state index contributed by atoms with van der Waals surface area (Å²) in [4.78, 5) is 17.0. The lowest BCUT2D eigenvalue weighted by molar-refractivity contribution is -0.137.